The summed E-state index contributed by atoms with van der Waals surface area (Å²) in [5.74, 6) is 0.203. The van der Waals surface area contributed by atoms with E-state index >= 15 is 0 Å². The summed E-state index contributed by atoms with van der Waals surface area (Å²) in [5, 5.41) is 0. The van der Waals surface area contributed by atoms with E-state index in [1.165, 1.54) is 5.56 Å². The molecule has 1 spiro atoms. The first-order valence-electron chi connectivity index (χ1n) is 6.09. The number of amides is 1. The van der Waals surface area contributed by atoms with Gasteiger partial charge in [-0.1, -0.05) is 30.3 Å². The number of nitrogens with zero attached hydrogens (tertiary/aromatic N) is 1. The van der Waals surface area contributed by atoms with Gasteiger partial charge in [0.1, 0.15) is 5.41 Å². The number of likely N-dealkylation sites (tertiary alicyclic amines) is 1. The van der Waals surface area contributed by atoms with Crippen LogP contribution in [0.4, 0.5) is 0 Å². The lowest BCUT2D eigenvalue weighted by atomic mass is 10.1. The Morgan fingerprint density at radius 1 is 1.12 bits per heavy atom. The highest BCUT2D eigenvalue weighted by molar-refractivity contribution is 6.15. The molecule has 88 valence electrons. The fourth-order valence-corrected chi connectivity index (χ4v) is 2.53. The smallest absolute Gasteiger partial charge is 0.236 e. The van der Waals surface area contributed by atoms with E-state index in [2.05, 4.69) is 12.1 Å². The first kappa shape index (κ1) is 10.5. The molecule has 0 aromatic heterocycles. The van der Waals surface area contributed by atoms with Crippen molar-refractivity contribution in [2.24, 2.45) is 5.41 Å². The molecule has 0 atom stereocenters. The number of carbonyl (C=O) groups excluding carboxylic acids is 2. The van der Waals surface area contributed by atoms with Crippen molar-refractivity contribution in [3.05, 3.63) is 35.9 Å². The third kappa shape index (κ3) is 1.66. The summed E-state index contributed by atoms with van der Waals surface area (Å²) < 4.78 is 0. The van der Waals surface area contributed by atoms with Gasteiger partial charge in [-0.25, -0.2) is 0 Å². The summed E-state index contributed by atoms with van der Waals surface area (Å²) in [7, 11) is 0. The van der Waals surface area contributed by atoms with E-state index in [0.29, 0.717) is 13.1 Å². The lowest BCUT2D eigenvalue weighted by Crippen LogP contribution is -2.29. The molecule has 17 heavy (non-hydrogen) atoms. The van der Waals surface area contributed by atoms with Gasteiger partial charge in [0.2, 0.25) is 5.91 Å². The van der Waals surface area contributed by atoms with E-state index in [0.717, 1.165) is 19.3 Å². The van der Waals surface area contributed by atoms with E-state index in [9.17, 15) is 9.59 Å². The topological polar surface area (TPSA) is 37.4 Å². The molecule has 1 aromatic carbocycles. The Morgan fingerprint density at radius 3 is 2.41 bits per heavy atom. The first-order valence-corrected chi connectivity index (χ1v) is 6.09. The Morgan fingerprint density at radius 2 is 1.82 bits per heavy atom. The molecule has 2 aliphatic rings. The Hall–Kier alpha value is -1.64. The number of rotatable bonds is 3. The predicted molar refractivity (Wildman–Crippen MR) is 63.4 cm³/mol. The monoisotopic (exact) mass is 229 g/mol. The summed E-state index contributed by atoms with van der Waals surface area (Å²) in [6, 6.07) is 10.1. The van der Waals surface area contributed by atoms with Crippen molar-refractivity contribution >= 4 is 11.7 Å². The van der Waals surface area contributed by atoms with E-state index in [1.807, 2.05) is 18.2 Å². The molecule has 1 amide bonds. The van der Waals surface area contributed by atoms with Gasteiger partial charge in [0.25, 0.3) is 0 Å². The molecular weight excluding hydrogens is 214 g/mol. The molecule has 1 saturated carbocycles. The summed E-state index contributed by atoms with van der Waals surface area (Å²) in [5.41, 5.74) is 0.640. The van der Waals surface area contributed by atoms with Crippen LogP contribution >= 0.6 is 0 Å². The molecule has 3 nitrogen and oxygen atoms in total. The standard InChI is InChI=1S/C14H15NO2/c16-12-10-15(13(17)14(12)7-8-14)9-6-11-4-2-1-3-5-11/h1-5H,6-10H2. The third-order valence-corrected chi connectivity index (χ3v) is 3.83. The van der Waals surface area contributed by atoms with Crippen LogP contribution in [0.2, 0.25) is 0 Å². The molecule has 1 saturated heterocycles. The van der Waals surface area contributed by atoms with Crippen LogP contribution in [0.1, 0.15) is 18.4 Å². The molecule has 0 bridgehead atoms. The fraction of sp³-hybridized carbons (Fsp3) is 0.429. The van der Waals surface area contributed by atoms with Crippen LogP contribution < -0.4 is 0 Å². The highest BCUT2D eigenvalue weighted by atomic mass is 16.2. The average Bonchev–Trinajstić information content (AvgIpc) is 3.12. The zero-order valence-electron chi connectivity index (χ0n) is 9.69. The van der Waals surface area contributed by atoms with Gasteiger partial charge in [-0.15, -0.1) is 0 Å². The maximum Gasteiger partial charge on any atom is 0.236 e. The van der Waals surface area contributed by atoms with Crippen molar-refractivity contribution in [2.75, 3.05) is 13.1 Å². The zero-order valence-corrected chi connectivity index (χ0v) is 9.69. The summed E-state index contributed by atoms with van der Waals surface area (Å²) in [6.07, 6.45) is 2.37. The Balaban J connectivity index is 1.64. The van der Waals surface area contributed by atoms with E-state index in [1.54, 1.807) is 4.90 Å². The van der Waals surface area contributed by atoms with Gasteiger partial charge in [0.05, 0.1) is 6.54 Å². The van der Waals surface area contributed by atoms with Crippen molar-refractivity contribution in [3.8, 4) is 0 Å². The third-order valence-electron chi connectivity index (χ3n) is 3.83. The molecule has 0 unspecified atom stereocenters. The van der Waals surface area contributed by atoms with Crippen LogP contribution in [-0.2, 0) is 16.0 Å². The summed E-state index contributed by atoms with van der Waals surface area (Å²) in [6.45, 7) is 0.988. The second-order valence-electron chi connectivity index (χ2n) is 4.97. The van der Waals surface area contributed by atoms with Crippen LogP contribution in [0.15, 0.2) is 30.3 Å². The van der Waals surface area contributed by atoms with Gasteiger partial charge in [-0.2, -0.15) is 0 Å². The zero-order chi connectivity index (χ0) is 11.9. The molecule has 1 aliphatic carbocycles. The highest BCUT2D eigenvalue weighted by Crippen LogP contribution is 2.51. The summed E-state index contributed by atoms with van der Waals surface area (Å²) in [4.78, 5) is 25.5. The van der Waals surface area contributed by atoms with E-state index in [-0.39, 0.29) is 11.7 Å². The van der Waals surface area contributed by atoms with E-state index in [4.69, 9.17) is 0 Å². The SMILES string of the molecule is O=C1CN(CCc2ccccc2)C(=O)C12CC2. The van der Waals surface area contributed by atoms with E-state index < -0.39 is 5.41 Å². The van der Waals surface area contributed by atoms with Crippen molar-refractivity contribution in [2.45, 2.75) is 19.3 Å². The summed E-state index contributed by atoms with van der Waals surface area (Å²) >= 11 is 0. The minimum absolute atomic E-state index is 0.0680. The minimum Gasteiger partial charge on any atom is -0.334 e. The maximum atomic E-state index is 12.0. The lowest BCUT2D eigenvalue weighted by Gasteiger charge is -2.15. The lowest BCUT2D eigenvalue weighted by molar-refractivity contribution is -0.133. The maximum absolute atomic E-state index is 12.0. The Bertz CT molecular complexity index is 462. The average molecular weight is 229 g/mol. The van der Waals surface area contributed by atoms with Crippen LogP contribution in [0, 0.1) is 5.41 Å². The van der Waals surface area contributed by atoms with Gasteiger partial charge < -0.3 is 4.90 Å². The number of Topliss-reactive ketones (excluding diaryl/α,β-unsaturated/α-hetero) is 1. The number of ketones is 1. The first-order chi connectivity index (χ1) is 8.22. The van der Waals surface area contributed by atoms with Crippen LogP contribution in [0.3, 0.4) is 0 Å². The molecular formula is C14H15NO2. The second-order valence-corrected chi connectivity index (χ2v) is 4.97. The molecule has 1 aliphatic heterocycles. The molecule has 1 heterocycles. The Labute approximate surface area is 100 Å². The number of hydrogen-bond donors (Lipinski definition) is 0. The van der Waals surface area contributed by atoms with Crippen LogP contribution in [0.25, 0.3) is 0 Å². The largest absolute Gasteiger partial charge is 0.334 e. The number of hydrogen-bond acceptors (Lipinski definition) is 2. The van der Waals surface area contributed by atoms with Gasteiger partial charge in [-0.3, -0.25) is 9.59 Å². The normalized spacial score (nSPS) is 21.3. The van der Waals surface area contributed by atoms with Crippen LogP contribution in [-0.4, -0.2) is 29.7 Å². The molecule has 0 N–H and O–H groups in total. The molecule has 3 rings (SSSR count). The van der Waals surface area contributed by atoms with Crippen molar-refractivity contribution in [3.63, 3.8) is 0 Å². The van der Waals surface area contributed by atoms with Gasteiger partial charge >= 0.3 is 0 Å². The molecule has 0 radical (unpaired) electrons. The van der Waals surface area contributed by atoms with Gasteiger partial charge in [-0.05, 0) is 24.8 Å². The molecule has 3 heteroatoms. The second kappa shape index (κ2) is 3.69. The number of benzene rings is 1. The highest BCUT2D eigenvalue weighted by Gasteiger charge is 2.61. The minimum atomic E-state index is -0.573. The van der Waals surface area contributed by atoms with Crippen LogP contribution in [0.5, 0.6) is 0 Å². The number of carbonyl (C=O) groups is 2. The molecule has 1 aromatic rings. The van der Waals surface area contributed by atoms with Gasteiger partial charge in [0, 0.05) is 6.54 Å². The quantitative estimate of drug-likeness (QED) is 0.735. The predicted octanol–water partition coefficient (Wildman–Crippen LogP) is 1.42. The van der Waals surface area contributed by atoms with Crippen molar-refractivity contribution in [1.82, 2.24) is 4.90 Å². The van der Waals surface area contributed by atoms with Crippen molar-refractivity contribution in [1.29, 1.82) is 0 Å². The Kier molecular flexibility index (Phi) is 2.28. The van der Waals surface area contributed by atoms with Crippen molar-refractivity contribution < 1.29 is 9.59 Å². The van der Waals surface area contributed by atoms with Gasteiger partial charge in [0.15, 0.2) is 5.78 Å². The molecule has 2 fully saturated rings. The fourth-order valence-electron chi connectivity index (χ4n) is 2.53.